The second-order valence-electron chi connectivity index (χ2n) is 2.18. The van der Waals surface area contributed by atoms with Gasteiger partial charge in [0.25, 0.3) is 0 Å². The van der Waals surface area contributed by atoms with E-state index < -0.39 is 0 Å². The van der Waals surface area contributed by atoms with Crippen molar-refractivity contribution in [3.05, 3.63) is 6.07 Å². The zero-order chi connectivity index (χ0) is 9.14. The van der Waals surface area contributed by atoms with Gasteiger partial charge in [0.05, 0.1) is 19.9 Å². The average molecular weight is 169 g/mol. The molecule has 0 aliphatic rings. The summed E-state index contributed by atoms with van der Waals surface area (Å²) in [5.41, 5.74) is 11.8. The Morgan fingerprint density at radius 3 is 2.42 bits per heavy atom. The second kappa shape index (κ2) is 3.17. The highest BCUT2D eigenvalue weighted by molar-refractivity contribution is 5.69. The van der Waals surface area contributed by atoms with Crippen LogP contribution in [0.3, 0.4) is 0 Å². The Hall–Kier alpha value is -1.65. The fourth-order valence-corrected chi connectivity index (χ4v) is 0.787. The fraction of sp³-hybridized carbons (Fsp3) is 0.286. The molecule has 4 N–H and O–H groups in total. The van der Waals surface area contributed by atoms with E-state index >= 15 is 0 Å². The molecule has 1 rings (SSSR count). The standard InChI is InChI=1S/C7H11N3O2/c1-11-5-3-4(8)6(9)7(10-5)12-2/h3H,9H2,1-2H3,(H2,8,10). The summed E-state index contributed by atoms with van der Waals surface area (Å²) in [4.78, 5) is 3.92. The molecular formula is C7H11N3O2. The maximum atomic E-state index is 5.55. The van der Waals surface area contributed by atoms with Gasteiger partial charge < -0.3 is 20.9 Å². The van der Waals surface area contributed by atoms with Crippen LogP contribution in [0.25, 0.3) is 0 Å². The molecule has 0 bridgehead atoms. The van der Waals surface area contributed by atoms with Crippen LogP contribution >= 0.6 is 0 Å². The van der Waals surface area contributed by atoms with Crippen LogP contribution in [0.5, 0.6) is 11.8 Å². The van der Waals surface area contributed by atoms with Crippen molar-refractivity contribution >= 4 is 11.4 Å². The molecule has 0 amide bonds. The minimum atomic E-state index is 0.284. The molecule has 0 aliphatic heterocycles. The molecule has 1 aromatic rings. The van der Waals surface area contributed by atoms with E-state index in [0.717, 1.165) is 0 Å². The van der Waals surface area contributed by atoms with Crippen LogP contribution in [0, 0.1) is 0 Å². The summed E-state index contributed by atoms with van der Waals surface area (Å²) in [7, 11) is 2.97. The van der Waals surface area contributed by atoms with Gasteiger partial charge in [-0.3, -0.25) is 0 Å². The summed E-state index contributed by atoms with van der Waals surface area (Å²) >= 11 is 0. The first kappa shape index (κ1) is 8.45. The molecule has 1 heterocycles. The van der Waals surface area contributed by atoms with Crippen LogP contribution in [-0.2, 0) is 0 Å². The number of pyridine rings is 1. The van der Waals surface area contributed by atoms with E-state index in [1.165, 1.54) is 20.3 Å². The summed E-state index contributed by atoms with van der Waals surface area (Å²) in [6, 6.07) is 1.54. The largest absolute Gasteiger partial charge is 0.481 e. The normalized spacial score (nSPS) is 9.50. The minimum absolute atomic E-state index is 0.284. The summed E-state index contributed by atoms with van der Waals surface area (Å²) in [5, 5.41) is 0. The maximum Gasteiger partial charge on any atom is 0.242 e. The zero-order valence-corrected chi connectivity index (χ0v) is 7.00. The molecule has 0 aromatic carbocycles. The molecule has 0 unspecified atom stereocenters. The van der Waals surface area contributed by atoms with Crippen molar-refractivity contribution < 1.29 is 9.47 Å². The Kier molecular flexibility index (Phi) is 2.23. The van der Waals surface area contributed by atoms with Gasteiger partial charge in [0, 0.05) is 6.07 Å². The number of hydrogen-bond donors (Lipinski definition) is 2. The Morgan fingerprint density at radius 1 is 1.25 bits per heavy atom. The average Bonchev–Trinajstić information content (AvgIpc) is 2.09. The smallest absolute Gasteiger partial charge is 0.242 e. The van der Waals surface area contributed by atoms with Crippen molar-refractivity contribution in [2.75, 3.05) is 25.7 Å². The molecule has 12 heavy (non-hydrogen) atoms. The van der Waals surface area contributed by atoms with Crippen molar-refractivity contribution in [1.82, 2.24) is 4.98 Å². The summed E-state index contributed by atoms with van der Waals surface area (Å²) in [5.74, 6) is 0.672. The number of aromatic nitrogens is 1. The molecular weight excluding hydrogens is 158 g/mol. The van der Waals surface area contributed by atoms with E-state index in [4.69, 9.17) is 20.9 Å². The van der Waals surface area contributed by atoms with Gasteiger partial charge in [0.15, 0.2) is 0 Å². The third kappa shape index (κ3) is 1.34. The van der Waals surface area contributed by atoms with Gasteiger partial charge in [-0.2, -0.15) is 4.98 Å². The molecule has 0 aliphatic carbocycles. The minimum Gasteiger partial charge on any atom is -0.481 e. The van der Waals surface area contributed by atoms with Crippen LogP contribution in [0.15, 0.2) is 6.07 Å². The van der Waals surface area contributed by atoms with Crippen LogP contribution in [-0.4, -0.2) is 19.2 Å². The quantitative estimate of drug-likeness (QED) is 0.663. The van der Waals surface area contributed by atoms with Gasteiger partial charge in [0.1, 0.15) is 5.69 Å². The SMILES string of the molecule is COc1cc(N)c(N)c(OC)n1. The Labute approximate surface area is 70.3 Å². The topological polar surface area (TPSA) is 83.4 Å². The van der Waals surface area contributed by atoms with Crippen molar-refractivity contribution in [2.24, 2.45) is 0 Å². The molecule has 66 valence electrons. The molecule has 0 atom stereocenters. The molecule has 0 radical (unpaired) electrons. The van der Waals surface area contributed by atoms with Gasteiger partial charge in [-0.1, -0.05) is 0 Å². The molecule has 1 aromatic heterocycles. The first-order chi connectivity index (χ1) is 5.69. The van der Waals surface area contributed by atoms with Crippen molar-refractivity contribution in [2.45, 2.75) is 0 Å². The van der Waals surface area contributed by atoms with Crippen molar-refractivity contribution in [3.8, 4) is 11.8 Å². The fourth-order valence-electron chi connectivity index (χ4n) is 0.787. The van der Waals surface area contributed by atoms with E-state index in [0.29, 0.717) is 17.3 Å². The van der Waals surface area contributed by atoms with E-state index in [2.05, 4.69) is 4.98 Å². The van der Waals surface area contributed by atoms with Gasteiger partial charge in [-0.15, -0.1) is 0 Å². The summed E-state index contributed by atoms with van der Waals surface area (Å²) < 4.78 is 9.74. The third-order valence-corrected chi connectivity index (χ3v) is 1.43. The molecule has 0 saturated carbocycles. The van der Waals surface area contributed by atoms with Gasteiger partial charge in [-0.25, -0.2) is 0 Å². The van der Waals surface area contributed by atoms with E-state index in [1.54, 1.807) is 0 Å². The molecule has 5 heteroatoms. The molecule has 0 fully saturated rings. The summed E-state index contributed by atoms with van der Waals surface area (Å²) in [6.07, 6.45) is 0. The lowest BCUT2D eigenvalue weighted by Gasteiger charge is -2.07. The Morgan fingerprint density at radius 2 is 1.92 bits per heavy atom. The lowest BCUT2D eigenvalue weighted by molar-refractivity contribution is 0.366. The van der Waals surface area contributed by atoms with Crippen molar-refractivity contribution in [3.63, 3.8) is 0 Å². The third-order valence-electron chi connectivity index (χ3n) is 1.43. The maximum absolute atomic E-state index is 5.55. The van der Waals surface area contributed by atoms with Crippen molar-refractivity contribution in [1.29, 1.82) is 0 Å². The predicted molar refractivity (Wildman–Crippen MR) is 46.2 cm³/mol. The Balaban J connectivity index is 3.19. The van der Waals surface area contributed by atoms with Crippen LogP contribution in [0.1, 0.15) is 0 Å². The van der Waals surface area contributed by atoms with Gasteiger partial charge >= 0.3 is 0 Å². The number of anilines is 2. The number of ether oxygens (including phenoxy) is 2. The predicted octanol–water partition coefficient (Wildman–Crippen LogP) is 0.263. The number of nitrogen functional groups attached to an aromatic ring is 2. The number of rotatable bonds is 2. The van der Waals surface area contributed by atoms with E-state index in [9.17, 15) is 0 Å². The van der Waals surface area contributed by atoms with Crippen LogP contribution in [0.4, 0.5) is 11.4 Å². The number of nitrogens with zero attached hydrogens (tertiary/aromatic N) is 1. The second-order valence-corrected chi connectivity index (χ2v) is 2.18. The van der Waals surface area contributed by atoms with Gasteiger partial charge in [-0.05, 0) is 0 Å². The van der Waals surface area contributed by atoms with Crippen LogP contribution in [0.2, 0.25) is 0 Å². The monoisotopic (exact) mass is 169 g/mol. The number of methoxy groups -OCH3 is 2. The van der Waals surface area contributed by atoms with E-state index in [1.807, 2.05) is 0 Å². The lowest BCUT2D eigenvalue weighted by Crippen LogP contribution is -2.01. The number of nitrogens with two attached hydrogens (primary N) is 2. The van der Waals surface area contributed by atoms with E-state index in [-0.39, 0.29) is 5.88 Å². The number of hydrogen-bond acceptors (Lipinski definition) is 5. The first-order valence-corrected chi connectivity index (χ1v) is 3.33. The summed E-state index contributed by atoms with van der Waals surface area (Å²) in [6.45, 7) is 0. The van der Waals surface area contributed by atoms with Crippen LogP contribution < -0.4 is 20.9 Å². The van der Waals surface area contributed by atoms with Gasteiger partial charge in [0.2, 0.25) is 11.8 Å². The zero-order valence-electron chi connectivity index (χ0n) is 7.00. The highest BCUT2D eigenvalue weighted by atomic mass is 16.5. The lowest BCUT2D eigenvalue weighted by atomic mass is 10.3. The Bertz CT molecular complexity index is 288. The highest BCUT2D eigenvalue weighted by Gasteiger charge is 2.07. The highest BCUT2D eigenvalue weighted by Crippen LogP contribution is 2.28. The first-order valence-electron chi connectivity index (χ1n) is 3.33. The molecule has 0 saturated heterocycles. The molecule has 0 spiro atoms. The molecule has 5 nitrogen and oxygen atoms in total.